The van der Waals surface area contributed by atoms with Gasteiger partial charge in [-0.15, -0.1) is 0 Å². The molecule has 0 radical (unpaired) electrons. The van der Waals surface area contributed by atoms with Crippen molar-refractivity contribution in [1.29, 1.82) is 5.26 Å². The summed E-state index contributed by atoms with van der Waals surface area (Å²) in [5, 5.41) is 8.82. The van der Waals surface area contributed by atoms with E-state index in [1.165, 1.54) is 18.2 Å². The number of nitrogens with one attached hydrogen (secondary N) is 1. The van der Waals surface area contributed by atoms with Crippen LogP contribution >= 0.6 is 0 Å². The number of methoxy groups -OCH3 is 1. The molecule has 0 amide bonds. The van der Waals surface area contributed by atoms with Gasteiger partial charge in [-0.3, -0.25) is 0 Å². The molecule has 104 valence electrons. The first-order valence-corrected chi connectivity index (χ1v) is 7.38. The van der Waals surface area contributed by atoms with Gasteiger partial charge < -0.3 is 4.74 Å². The SMILES string of the molecule is COCC(C)CNS(=O)(=O)c1ccc(C#N)c(C)c1. The number of nitrogens with zero attached hydrogens (tertiary/aromatic N) is 1. The van der Waals surface area contributed by atoms with Crippen LogP contribution in [0.2, 0.25) is 0 Å². The van der Waals surface area contributed by atoms with Crippen LogP contribution in [0.4, 0.5) is 0 Å². The van der Waals surface area contributed by atoms with E-state index in [0.29, 0.717) is 24.3 Å². The van der Waals surface area contributed by atoms with Gasteiger partial charge in [0.2, 0.25) is 10.0 Å². The lowest BCUT2D eigenvalue weighted by Crippen LogP contribution is -2.30. The molecule has 0 aliphatic heterocycles. The molecule has 1 aromatic rings. The molecule has 0 aliphatic carbocycles. The number of hydrogen-bond donors (Lipinski definition) is 1. The summed E-state index contributed by atoms with van der Waals surface area (Å²) >= 11 is 0. The molecule has 0 heterocycles. The van der Waals surface area contributed by atoms with Gasteiger partial charge in [0.05, 0.1) is 16.5 Å². The number of benzene rings is 1. The lowest BCUT2D eigenvalue weighted by molar-refractivity contribution is 0.161. The van der Waals surface area contributed by atoms with Crippen molar-refractivity contribution in [2.45, 2.75) is 18.7 Å². The van der Waals surface area contributed by atoms with E-state index in [2.05, 4.69) is 4.72 Å². The van der Waals surface area contributed by atoms with Gasteiger partial charge in [-0.25, -0.2) is 13.1 Å². The first-order chi connectivity index (χ1) is 8.90. The number of aryl methyl sites for hydroxylation is 1. The fraction of sp³-hybridized carbons (Fsp3) is 0.462. The summed E-state index contributed by atoms with van der Waals surface area (Å²) in [6.07, 6.45) is 0. The van der Waals surface area contributed by atoms with Crippen molar-refractivity contribution < 1.29 is 13.2 Å². The fourth-order valence-corrected chi connectivity index (χ4v) is 2.86. The highest BCUT2D eigenvalue weighted by Gasteiger charge is 2.16. The van der Waals surface area contributed by atoms with Crippen molar-refractivity contribution in [3.8, 4) is 6.07 Å². The molecule has 5 nitrogen and oxygen atoms in total. The Morgan fingerprint density at radius 3 is 2.68 bits per heavy atom. The molecule has 1 aromatic carbocycles. The highest BCUT2D eigenvalue weighted by Crippen LogP contribution is 2.14. The van der Waals surface area contributed by atoms with Gasteiger partial charge in [0.15, 0.2) is 0 Å². The molecule has 0 spiro atoms. The second-order valence-electron chi connectivity index (χ2n) is 4.50. The van der Waals surface area contributed by atoms with Crippen LogP contribution in [0.15, 0.2) is 23.1 Å². The minimum Gasteiger partial charge on any atom is -0.384 e. The number of rotatable bonds is 6. The number of nitriles is 1. The van der Waals surface area contributed by atoms with Gasteiger partial charge >= 0.3 is 0 Å². The molecule has 0 aliphatic rings. The van der Waals surface area contributed by atoms with E-state index in [4.69, 9.17) is 10.00 Å². The zero-order valence-corrected chi connectivity index (χ0v) is 12.1. The molecule has 1 N–H and O–H groups in total. The smallest absolute Gasteiger partial charge is 0.240 e. The summed E-state index contributed by atoms with van der Waals surface area (Å²) in [5.41, 5.74) is 1.13. The van der Waals surface area contributed by atoms with E-state index in [1.54, 1.807) is 14.0 Å². The topological polar surface area (TPSA) is 79.2 Å². The van der Waals surface area contributed by atoms with Gasteiger partial charge in [-0.05, 0) is 36.6 Å². The molecule has 0 saturated carbocycles. The highest BCUT2D eigenvalue weighted by molar-refractivity contribution is 7.89. The number of ether oxygens (including phenoxy) is 1. The Bertz CT molecular complexity index is 576. The predicted octanol–water partition coefficient (Wildman–Crippen LogP) is 1.43. The van der Waals surface area contributed by atoms with Crippen molar-refractivity contribution >= 4 is 10.0 Å². The lowest BCUT2D eigenvalue weighted by Gasteiger charge is -2.12. The van der Waals surface area contributed by atoms with E-state index in [9.17, 15) is 8.42 Å². The van der Waals surface area contributed by atoms with Gasteiger partial charge in [0.25, 0.3) is 0 Å². The maximum atomic E-state index is 12.1. The number of hydrogen-bond acceptors (Lipinski definition) is 4. The lowest BCUT2D eigenvalue weighted by atomic mass is 10.1. The molecule has 0 fully saturated rings. The van der Waals surface area contributed by atoms with Crippen LogP contribution in [-0.4, -0.2) is 28.7 Å². The van der Waals surface area contributed by atoms with Gasteiger partial charge in [-0.1, -0.05) is 6.92 Å². The Labute approximate surface area is 114 Å². The Hall–Kier alpha value is -1.42. The van der Waals surface area contributed by atoms with Crippen molar-refractivity contribution in [2.24, 2.45) is 5.92 Å². The molecule has 0 aromatic heterocycles. The molecule has 0 bridgehead atoms. The summed E-state index contributed by atoms with van der Waals surface area (Å²) in [7, 11) is -1.96. The average molecular weight is 282 g/mol. The zero-order valence-electron chi connectivity index (χ0n) is 11.3. The summed E-state index contributed by atoms with van der Waals surface area (Å²) in [6, 6.07) is 6.47. The summed E-state index contributed by atoms with van der Waals surface area (Å²) < 4.78 is 31.6. The van der Waals surface area contributed by atoms with Gasteiger partial charge in [0.1, 0.15) is 0 Å². The Balaban J connectivity index is 2.84. The van der Waals surface area contributed by atoms with E-state index in [1.807, 2.05) is 13.0 Å². The second kappa shape index (κ2) is 6.66. The predicted molar refractivity (Wildman–Crippen MR) is 72.1 cm³/mol. The summed E-state index contributed by atoms with van der Waals surface area (Å²) in [5.74, 6) is 0.0965. The van der Waals surface area contributed by atoms with Gasteiger partial charge in [-0.2, -0.15) is 5.26 Å². The average Bonchev–Trinajstić information content (AvgIpc) is 2.37. The Morgan fingerprint density at radius 2 is 2.16 bits per heavy atom. The molecule has 1 atom stereocenters. The molecular formula is C13H18N2O3S. The first kappa shape index (κ1) is 15.6. The summed E-state index contributed by atoms with van der Waals surface area (Å²) in [6.45, 7) is 4.42. The minimum atomic E-state index is -3.54. The largest absolute Gasteiger partial charge is 0.384 e. The number of sulfonamides is 1. The molecule has 19 heavy (non-hydrogen) atoms. The van der Waals surface area contributed by atoms with Crippen LogP contribution in [0.3, 0.4) is 0 Å². The normalized spacial score (nSPS) is 12.9. The van der Waals surface area contributed by atoms with E-state index in [0.717, 1.165) is 0 Å². The van der Waals surface area contributed by atoms with E-state index in [-0.39, 0.29) is 10.8 Å². The zero-order chi connectivity index (χ0) is 14.5. The van der Waals surface area contributed by atoms with Crippen LogP contribution in [0.1, 0.15) is 18.1 Å². The van der Waals surface area contributed by atoms with Crippen molar-refractivity contribution in [3.63, 3.8) is 0 Å². The van der Waals surface area contributed by atoms with Crippen molar-refractivity contribution in [3.05, 3.63) is 29.3 Å². The van der Waals surface area contributed by atoms with Crippen LogP contribution in [-0.2, 0) is 14.8 Å². The minimum absolute atomic E-state index is 0.0965. The first-order valence-electron chi connectivity index (χ1n) is 5.90. The quantitative estimate of drug-likeness (QED) is 0.856. The molecule has 1 rings (SSSR count). The maximum Gasteiger partial charge on any atom is 0.240 e. The fourth-order valence-electron chi connectivity index (χ4n) is 1.61. The third-order valence-corrected chi connectivity index (χ3v) is 4.12. The third-order valence-electron chi connectivity index (χ3n) is 2.70. The van der Waals surface area contributed by atoms with Crippen molar-refractivity contribution in [2.75, 3.05) is 20.3 Å². The van der Waals surface area contributed by atoms with Crippen LogP contribution in [0, 0.1) is 24.2 Å². The van der Waals surface area contributed by atoms with Crippen LogP contribution in [0.25, 0.3) is 0 Å². The molecular weight excluding hydrogens is 264 g/mol. The van der Waals surface area contributed by atoms with Gasteiger partial charge in [0, 0.05) is 20.3 Å². The monoisotopic (exact) mass is 282 g/mol. The molecule has 0 saturated heterocycles. The van der Waals surface area contributed by atoms with E-state index >= 15 is 0 Å². The highest BCUT2D eigenvalue weighted by atomic mass is 32.2. The summed E-state index contributed by atoms with van der Waals surface area (Å²) in [4.78, 5) is 0.175. The second-order valence-corrected chi connectivity index (χ2v) is 6.27. The standard InChI is InChI=1S/C13H18N2O3S/c1-10(9-18-3)8-15-19(16,17)13-5-4-12(7-14)11(2)6-13/h4-6,10,15H,8-9H2,1-3H3. The Kier molecular flexibility index (Phi) is 5.48. The van der Waals surface area contributed by atoms with Crippen molar-refractivity contribution in [1.82, 2.24) is 4.72 Å². The maximum absolute atomic E-state index is 12.1. The molecule has 6 heteroatoms. The van der Waals surface area contributed by atoms with E-state index < -0.39 is 10.0 Å². The van der Waals surface area contributed by atoms with Crippen LogP contribution in [0.5, 0.6) is 0 Å². The van der Waals surface area contributed by atoms with Crippen LogP contribution < -0.4 is 4.72 Å². The Morgan fingerprint density at radius 1 is 1.47 bits per heavy atom. The third kappa shape index (κ3) is 4.31. The molecule has 1 unspecified atom stereocenters.